The van der Waals surface area contributed by atoms with Gasteiger partial charge in [0.05, 0.1) is 0 Å². The molecule has 0 amide bonds. The van der Waals surface area contributed by atoms with Crippen LogP contribution in [0.1, 0.15) is 45.1 Å². The molecule has 1 aliphatic heterocycles. The van der Waals surface area contributed by atoms with Crippen molar-refractivity contribution in [3.8, 4) is 5.75 Å². The highest BCUT2D eigenvalue weighted by Gasteiger charge is 2.29. The summed E-state index contributed by atoms with van der Waals surface area (Å²) in [5, 5.41) is 3.80. The summed E-state index contributed by atoms with van der Waals surface area (Å²) in [4.78, 5) is 0. The maximum Gasteiger partial charge on any atom is 0.123 e. The van der Waals surface area contributed by atoms with Gasteiger partial charge in [0.1, 0.15) is 11.9 Å². The van der Waals surface area contributed by atoms with Crippen LogP contribution in [0.5, 0.6) is 5.75 Å². The molecule has 0 spiro atoms. The first-order chi connectivity index (χ1) is 9.74. The average Bonchev–Trinajstić information content (AvgIpc) is 2.88. The summed E-state index contributed by atoms with van der Waals surface area (Å²) in [5.74, 6) is 2.71. The molecular weight excluding hydrogens is 246 g/mol. The quantitative estimate of drug-likeness (QED) is 0.901. The van der Waals surface area contributed by atoms with Crippen LogP contribution in [0, 0.1) is 11.8 Å². The number of rotatable bonds is 4. The summed E-state index contributed by atoms with van der Waals surface area (Å²) in [6, 6.07) is 9.13. The fourth-order valence-corrected chi connectivity index (χ4v) is 3.86. The van der Waals surface area contributed by atoms with Gasteiger partial charge in [0, 0.05) is 19.0 Å². The lowest BCUT2D eigenvalue weighted by Gasteiger charge is -2.35. The molecule has 2 aliphatic rings. The zero-order valence-corrected chi connectivity index (χ0v) is 12.8. The molecule has 0 saturated heterocycles. The normalized spacial score (nSPS) is 29.2. The van der Waals surface area contributed by atoms with E-state index in [4.69, 9.17) is 4.74 Å². The number of benzene rings is 1. The van der Waals surface area contributed by atoms with Crippen molar-refractivity contribution in [3.05, 3.63) is 29.8 Å². The molecule has 3 atom stereocenters. The van der Waals surface area contributed by atoms with Gasteiger partial charge in [-0.05, 0) is 36.3 Å². The van der Waals surface area contributed by atoms with E-state index in [1.54, 1.807) is 0 Å². The largest absolute Gasteiger partial charge is 0.488 e. The highest BCUT2D eigenvalue weighted by molar-refractivity contribution is 5.37. The van der Waals surface area contributed by atoms with E-state index in [-0.39, 0.29) is 0 Å². The third kappa shape index (κ3) is 3.01. The first kappa shape index (κ1) is 13.9. The lowest BCUT2D eigenvalue weighted by molar-refractivity contribution is 0.172. The Balaban J connectivity index is 1.53. The minimum atomic E-state index is 0.321. The lowest BCUT2D eigenvalue weighted by atomic mass is 9.78. The number of hydrogen-bond acceptors (Lipinski definition) is 2. The number of hydrogen-bond donors (Lipinski definition) is 1. The van der Waals surface area contributed by atoms with Crippen molar-refractivity contribution in [2.75, 3.05) is 6.54 Å². The van der Waals surface area contributed by atoms with Gasteiger partial charge in [-0.3, -0.25) is 0 Å². The molecule has 1 aliphatic carbocycles. The second kappa shape index (κ2) is 6.17. The van der Waals surface area contributed by atoms with Crippen LogP contribution in [0.4, 0.5) is 0 Å². The van der Waals surface area contributed by atoms with Gasteiger partial charge >= 0.3 is 0 Å². The van der Waals surface area contributed by atoms with Crippen LogP contribution in [0.3, 0.4) is 0 Å². The summed E-state index contributed by atoms with van der Waals surface area (Å²) < 4.78 is 6.03. The molecule has 3 rings (SSSR count). The van der Waals surface area contributed by atoms with Crippen molar-refractivity contribution in [3.63, 3.8) is 0 Å². The predicted octanol–water partition coefficient (Wildman–Crippen LogP) is 3.79. The second-order valence-electron chi connectivity index (χ2n) is 6.76. The Kier molecular flexibility index (Phi) is 4.30. The molecule has 1 saturated carbocycles. The highest BCUT2D eigenvalue weighted by atomic mass is 16.5. The molecule has 0 bridgehead atoms. The molecule has 3 unspecified atom stereocenters. The monoisotopic (exact) mass is 273 g/mol. The molecule has 2 nitrogen and oxygen atoms in total. The fourth-order valence-electron chi connectivity index (χ4n) is 3.86. The molecule has 1 aromatic carbocycles. The van der Waals surface area contributed by atoms with Gasteiger partial charge in [-0.2, -0.15) is 0 Å². The van der Waals surface area contributed by atoms with Crippen LogP contribution >= 0.6 is 0 Å². The Labute approximate surface area is 122 Å². The van der Waals surface area contributed by atoms with E-state index in [1.807, 2.05) is 0 Å². The number of nitrogens with one attached hydrogen (secondary N) is 1. The smallest absolute Gasteiger partial charge is 0.123 e. The number of para-hydroxylation sites is 1. The van der Waals surface area contributed by atoms with E-state index < -0.39 is 0 Å². The Bertz CT molecular complexity index is 418. The highest BCUT2D eigenvalue weighted by Crippen LogP contribution is 2.31. The van der Waals surface area contributed by atoms with Crippen molar-refractivity contribution >= 4 is 0 Å². The Hall–Kier alpha value is -1.02. The Morgan fingerprint density at radius 2 is 2.00 bits per heavy atom. The van der Waals surface area contributed by atoms with Crippen molar-refractivity contribution in [1.29, 1.82) is 0 Å². The molecule has 1 fully saturated rings. The minimum Gasteiger partial charge on any atom is -0.488 e. The first-order valence-electron chi connectivity index (χ1n) is 8.22. The summed E-state index contributed by atoms with van der Waals surface area (Å²) >= 11 is 0. The van der Waals surface area contributed by atoms with E-state index in [0.717, 1.165) is 30.6 Å². The van der Waals surface area contributed by atoms with Crippen molar-refractivity contribution < 1.29 is 4.74 Å². The topological polar surface area (TPSA) is 21.3 Å². The lowest BCUT2D eigenvalue weighted by Crippen LogP contribution is -2.44. The van der Waals surface area contributed by atoms with Crippen LogP contribution in [0.2, 0.25) is 0 Å². The summed E-state index contributed by atoms with van der Waals surface area (Å²) in [6.45, 7) is 5.72. The van der Waals surface area contributed by atoms with Gasteiger partial charge in [0.25, 0.3) is 0 Å². The molecule has 20 heavy (non-hydrogen) atoms. The third-order valence-electron chi connectivity index (χ3n) is 5.00. The van der Waals surface area contributed by atoms with Gasteiger partial charge < -0.3 is 10.1 Å². The van der Waals surface area contributed by atoms with E-state index >= 15 is 0 Å². The van der Waals surface area contributed by atoms with Crippen LogP contribution < -0.4 is 10.1 Å². The van der Waals surface area contributed by atoms with Gasteiger partial charge in [-0.15, -0.1) is 0 Å². The molecular formula is C18H27NO. The number of ether oxygens (including phenoxy) is 1. The van der Waals surface area contributed by atoms with Crippen LogP contribution in [-0.2, 0) is 6.42 Å². The van der Waals surface area contributed by atoms with Gasteiger partial charge in [0.15, 0.2) is 0 Å². The van der Waals surface area contributed by atoms with E-state index in [2.05, 4.69) is 43.4 Å². The molecule has 0 radical (unpaired) electrons. The predicted molar refractivity (Wildman–Crippen MR) is 83.1 cm³/mol. The first-order valence-corrected chi connectivity index (χ1v) is 8.22. The average molecular weight is 273 g/mol. The van der Waals surface area contributed by atoms with Crippen molar-refractivity contribution in [2.24, 2.45) is 11.8 Å². The maximum absolute atomic E-state index is 6.03. The van der Waals surface area contributed by atoms with Gasteiger partial charge in [-0.25, -0.2) is 0 Å². The Morgan fingerprint density at radius 3 is 2.80 bits per heavy atom. The Morgan fingerprint density at radius 1 is 1.20 bits per heavy atom. The molecule has 1 N–H and O–H groups in total. The van der Waals surface area contributed by atoms with Crippen LogP contribution in [-0.4, -0.2) is 18.7 Å². The zero-order chi connectivity index (χ0) is 13.9. The van der Waals surface area contributed by atoms with Gasteiger partial charge in [0.2, 0.25) is 0 Å². The second-order valence-corrected chi connectivity index (χ2v) is 6.76. The van der Waals surface area contributed by atoms with E-state index in [0.29, 0.717) is 12.1 Å². The summed E-state index contributed by atoms with van der Waals surface area (Å²) in [7, 11) is 0. The van der Waals surface area contributed by atoms with Gasteiger partial charge in [-0.1, -0.05) is 44.9 Å². The molecule has 0 aromatic heterocycles. The summed E-state index contributed by atoms with van der Waals surface area (Å²) in [6.07, 6.45) is 6.90. The van der Waals surface area contributed by atoms with E-state index in [1.165, 1.54) is 31.2 Å². The maximum atomic E-state index is 6.03. The van der Waals surface area contributed by atoms with Crippen molar-refractivity contribution in [2.45, 2.75) is 58.1 Å². The summed E-state index contributed by atoms with van der Waals surface area (Å²) in [5.41, 5.74) is 1.36. The SMILES string of the molecule is CC(C)C1CCCCC1NCC1Cc2ccccc2O1. The molecule has 2 heteroatoms. The van der Waals surface area contributed by atoms with Crippen LogP contribution in [0.15, 0.2) is 24.3 Å². The molecule has 110 valence electrons. The van der Waals surface area contributed by atoms with E-state index in [9.17, 15) is 0 Å². The molecule has 1 aromatic rings. The van der Waals surface area contributed by atoms with Crippen LogP contribution in [0.25, 0.3) is 0 Å². The standard InChI is InChI=1S/C18H27NO/c1-13(2)16-8-4-5-9-17(16)19-12-15-11-14-7-3-6-10-18(14)20-15/h3,6-7,10,13,15-17,19H,4-5,8-9,11-12H2,1-2H3. The fraction of sp³-hybridized carbons (Fsp3) is 0.667. The third-order valence-corrected chi connectivity index (χ3v) is 5.00. The molecule has 1 heterocycles. The number of fused-ring (bicyclic) bond motifs is 1. The van der Waals surface area contributed by atoms with Crippen molar-refractivity contribution in [1.82, 2.24) is 5.32 Å². The zero-order valence-electron chi connectivity index (χ0n) is 12.8. The minimum absolute atomic E-state index is 0.321.